The van der Waals surface area contributed by atoms with Crippen molar-refractivity contribution >= 4 is 35.4 Å². The van der Waals surface area contributed by atoms with Crippen LogP contribution >= 0.6 is 11.6 Å². The zero-order valence-electron chi connectivity index (χ0n) is 28.9. The Balaban J connectivity index is 1.60. The average Bonchev–Trinajstić information content (AvgIpc) is 3.86. The minimum Gasteiger partial charge on any atom is -0.495 e. The third-order valence-electron chi connectivity index (χ3n) is 8.77. The Morgan fingerprint density at radius 1 is 1.02 bits per heavy atom. The normalized spacial score (nSPS) is 25.5. The highest BCUT2D eigenvalue weighted by Crippen LogP contribution is 2.45. The molecule has 4 rings (SSSR count). The van der Waals surface area contributed by atoms with Gasteiger partial charge in [-0.15, -0.1) is 0 Å². The topological polar surface area (TPSA) is 153 Å². The van der Waals surface area contributed by atoms with E-state index in [-0.39, 0.29) is 56.5 Å². The Bertz CT molecular complexity index is 1520. The number of aliphatic hydroxyl groups is 1. The summed E-state index contributed by atoms with van der Waals surface area (Å²) in [4.78, 5) is 53.7. The number of halogens is 1. The number of ether oxygens (including phenoxy) is 4. The van der Waals surface area contributed by atoms with Gasteiger partial charge in [-0.1, -0.05) is 68.8 Å². The summed E-state index contributed by atoms with van der Waals surface area (Å²) in [6, 6.07) is 11.5. The Labute approximate surface area is 292 Å². The highest BCUT2D eigenvalue weighted by molar-refractivity contribution is 6.32. The standard InChI is InChI=1S/C37H47ClN2O9/c1-21(2)16-30-35(44)47-28(22(3)32-33(49-32)25-13-10-23(19-41)11-14-25)8-7-9-31(42)40-27(18-24-12-15-29(46-6)26(38)17-24)34(43)39-20-37(4,5)36(45)48-30/h7,9-15,17,21-22,27-28,30,32-33,41H,8,16,18-20H2,1-6H3,(H,39,43)(H,40,42)/t22-,27+,28-,30-,32-,33-/m0/s1. The van der Waals surface area contributed by atoms with Crippen LogP contribution in [0.2, 0.25) is 5.02 Å². The molecule has 1 saturated heterocycles. The lowest BCUT2D eigenvalue weighted by atomic mass is 9.92. The molecule has 0 aromatic heterocycles. The molecule has 2 aromatic rings. The predicted molar refractivity (Wildman–Crippen MR) is 183 cm³/mol. The number of carbonyl (C=O) groups excluding carboxylic acids is 4. The zero-order chi connectivity index (χ0) is 35.9. The van der Waals surface area contributed by atoms with Gasteiger partial charge in [0.05, 0.1) is 30.3 Å². The minimum absolute atomic E-state index is 0.00322. The van der Waals surface area contributed by atoms with Gasteiger partial charge >= 0.3 is 11.9 Å². The second kappa shape index (κ2) is 16.7. The molecule has 2 aromatic carbocycles. The van der Waals surface area contributed by atoms with Gasteiger partial charge in [0, 0.05) is 25.3 Å². The summed E-state index contributed by atoms with van der Waals surface area (Å²) in [5.74, 6) is -2.21. The molecule has 0 radical (unpaired) electrons. The van der Waals surface area contributed by atoms with Crippen LogP contribution in [0.25, 0.3) is 0 Å². The number of benzene rings is 2. The fourth-order valence-corrected chi connectivity index (χ4v) is 5.92. The number of hydrogen-bond donors (Lipinski definition) is 3. The molecule has 0 aliphatic carbocycles. The second-order valence-electron chi connectivity index (χ2n) is 13.8. The van der Waals surface area contributed by atoms with Gasteiger partial charge in [-0.3, -0.25) is 14.4 Å². The molecule has 2 aliphatic rings. The number of carbonyl (C=O) groups is 4. The number of aliphatic hydroxyl groups excluding tert-OH is 1. The van der Waals surface area contributed by atoms with Crippen molar-refractivity contribution in [2.45, 2.75) is 90.9 Å². The maximum atomic E-state index is 13.6. The maximum Gasteiger partial charge on any atom is 0.347 e. The maximum absolute atomic E-state index is 13.6. The predicted octanol–water partition coefficient (Wildman–Crippen LogP) is 4.62. The van der Waals surface area contributed by atoms with Crippen LogP contribution < -0.4 is 15.4 Å². The summed E-state index contributed by atoms with van der Waals surface area (Å²) >= 11 is 6.32. The highest BCUT2D eigenvalue weighted by atomic mass is 35.5. The Morgan fingerprint density at radius 3 is 2.35 bits per heavy atom. The molecule has 0 saturated carbocycles. The van der Waals surface area contributed by atoms with Crippen molar-refractivity contribution in [2.24, 2.45) is 17.3 Å². The number of rotatable bonds is 9. The zero-order valence-corrected chi connectivity index (χ0v) is 29.6. The molecule has 2 amide bonds. The average molecular weight is 699 g/mol. The molecule has 1 fully saturated rings. The number of cyclic esters (lactones) is 2. The number of hydrogen-bond acceptors (Lipinski definition) is 9. The lowest BCUT2D eigenvalue weighted by Gasteiger charge is -2.29. The number of esters is 2. The number of methoxy groups -OCH3 is 1. The quantitative estimate of drug-likeness (QED) is 0.252. The molecule has 266 valence electrons. The fraction of sp³-hybridized carbons (Fsp3) is 0.514. The summed E-state index contributed by atoms with van der Waals surface area (Å²) in [5.41, 5.74) is 1.18. The van der Waals surface area contributed by atoms with Crippen molar-refractivity contribution in [2.75, 3.05) is 13.7 Å². The molecule has 12 heteroatoms. The van der Waals surface area contributed by atoms with E-state index < -0.39 is 47.4 Å². The smallest absolute Gasteiger partial charge is 0.347 e. The van der Waals surface area contributed by atoms with Crippen molar-refractivity contribution in [3.8, 4) is 5.75 Å². The summed E-state index contributed by atoms with van der Waals surface area (Å²) < 4.78 is 23.1. The Hall–Kier alpha value is -3.93. The summed E-state index contributed by atoms with van der Waals surface area (Å²) in [7, 11) is 1.50. The van der Waals surface area contributed by atoms with Crippen molar-refractivity contribution in [1.29, 1.82) is 0 Å². The molecule has 3 N–H and O–H groups in total. The Kier molecular flexibility index (Phi) is 12.9. The van der Waals surface area contributed by atoms with E-state index in [1.165, 1.54) is 13.2 Å². The van der Waals surface area contributed by atoms with Crippen LogP contribution in [-0.4, -0.2) is 66.9 Å². The molecule has 49 heavy (non-hydrogen) atoms. The minimum atomic E-state index is -1.21. The van der Waals surface area contributed by atoms with Gasteiger partial charge in [0.15, 0.2) is 6.10 Å². The van der Waals surface area contributed by atoms with Crippen molar-refractivity contribution in [3.63, 3.8) is 0 Å². The third kappa shape index (κ3) is 10.3. The van der Waals surface area contributed by atoms with E-state index in [4.69, 9.17) is 30.5 Å². The first-order valence-corrected chi connectivity index (χ1v) is 16.9. The number of epoxide rings is 1. The lowest BCUT2D eigenvalue weighted by molar-refractivity contribution is -0.179. The molecule has 6 atom stereocenters. The monoisotopic (exact) mass is 698 g/mol. The first-order chi connectivity index (χ1) is 23.2. The van der Waals surface area contributed by atoms with Gasteiger partial charge in [-0.25, -0.2) is 4.79 Å². The highest BCUT2D eigenvalue weighted by Gasteiger charge is 2.48. The Morgan fingerprint density at radius 2 is 1.71 bits per heavy atom. The van der Waals surface area contributed by atoms with E-state index in [1.807, 2.05) is 45.0 Å². The van der Waals surface area contributed by atoms with E-state index in [0.29, 0.717) is 16.3 Å². The third-order valence-corrected chi connectivity index (χ3v) is 9.07. The van der Waals surface area contributed by atoms with E-state index in [1.54, 1.807) is 38.1 Å². The SMILES string of the molecule is COc1ccc(C[C@H]2NC(=O)C=CC[C@@H]([C@H](C)[C@@H]3O[C@H]3c3ccc(CO)cc3)OC(=O)[C@H](CC(C)C)OC(=O)C(C)(C)CNC2=O)cc1Cl. The van der Waals surface area contributed by atoms with Gasteiger partial charge in [-0.05, 0) is 61.1 Å². The van der Waals surface area contributed by atoms with Gasteiger partial charge in [0.2, 0.25) is 11.8 Å². The molecule has 0 spiro atoms. The van der Waals surface area contributed by atoms with Crippen LogP contribution in [0, 0.1) is 17.3 Å². The number of nitrogens with one attached hydrogen (secondary N) is 2. The molecule has 0 unspecified atom stereocenters. The molecule has 11 nitrogen and oxygen atoms in total. The fourth-order valence-electron chi connectivity index (χ4n) is 5.63. The number of amides is 2. The van der Waals surface area contributed by atoms with Gasteiger partial charge < -0.3 is 34.7 Å². The van der Waals surface area contributed by atoms with E-state index in [0.717, 1.165) is 11.1 Å². The first kappa shape index (κ1) is 37.9. The van der Waals surface area contributed by atoms with Crippen LogP contribution in [0.4, 0.5) is 0 Å². The molecule has 2 aliphatic heterocycles. The van der Waals surface area contributed by atoms with Crippen LogP contribution in [0.15, 0.2) is 54.6 Å². The lowest BCUT2D eigenvalue weighted by Crippen LogP contribution is -2.51. The van der Waals surface area contributed by atoms with Crippen molar-refractivity contribution in [3.05, 3.63) is 76.3 Å². The largest absolute Gasteiger partial charge is 0.495 e. The first-order valence-electron chi connectivity index (χ1n) is 16.6. The summed E-state index contributed by atoms with van der Waals surface area (Å²) in [5, 5.41) is 15.3. The van der Waals surface area contributed by atoms with Crippen LogP contribution in [0.3, 0.4) is 0 Å². The molecule has 2 heterocycles. The molecular formula is C37H47ClN2O9. The van der Waals surface area contributed by atoms with Gasteiger partial charge in [0.1, 0.15) is 24.0 Å². The van der Waals surface area contributed by atoms with Crippen molar-refractivity contribution < 1.29 is 43.2 Å². The van der Waals surface area contributed by atoms with Crippen LogP contribution in [-0.2, 0) is 46.4 Å². The van der Waals surface area contributed by atoms with E-state index in [9.17, 15) is 24.3 Å². The summed E-state index contributed by atoms with van der Waals surface area (Å²) in [6.45, 7) is 8.77. The second-order valence-corrected chi connectivity index (χ2v) is 14.2. The van der Waals surface area contributed by atoms with Gasteiger partial charge in [-0.2, -0.15) is 0 Å². The summed E-state index contributed by atoms with van der Waals surface area (Å²) in [6.07, 6.45) is 1.01. The van der Waals surface area contributed by atoms with Crippen molar-refractivity contribution in [1.82, 2.24) is 10.6 Å². The van der Waals surface area contributed by atoms with Crippen LogP contribution in [0.5, 0.6) is 5.75 Å². The van der Waals surface area contributed by atoms with E-state index >= 15 is 0 Å². The van der Waals surface area contributed by atoms with E-state index in [2.05, 4.69) is 10.6 Å². The van der Waals surface area contributed by atoms with Crippen LogP contribution in [0.1, 0.15) is 70.3 Å². The van der Waals surface area contributed by atoms with Gasteiger partial charge in [0.25, 0.3) is 0 Å². The molecular weight excluding hydrogens is 652 g/mol. The molecule has 0 bridgehead atoms.